The highest BCUT2D eigenvalue weighted by atomic mass is 16.5. The van der Waals surface area contributed by atoms with Crippen molar-refractivity contribution in [2.45, 2.75) is 65.0 Å². The molecule has 0 saturated carbocycles. The molecular formula is C33H42N10O2. The highest BCUT2D eigenvalue weighted by Crippen LogP contribution is 2.39. The lowest BCUT2D eigenvalue weighted by Gasteiger charge is -2.32. The molecule has 3 aromatic heterocycles. The molecule has 12 heteroatoms. The Hall–Kier alpha value is -4.87. The number of piperidine rings is 1. The second kappa shape index (κ2) is 12.6. The van der Waals surface area contributed by atoms with Crippen LogP contribution in [0.4, 0.5) is 16.4 Å². The van der Waals surface area contributed by atoms with Crippen LogP contribution in [0.2, 0.25) is 0 Å². The largest absolute Gasteiger partial charge is 0.484 e. The first-order chi connectivity index (χ1) is 21.6. The van der Waals surface area contributed by atoms with Crippen LogP contribution in [0.25, 0.3) is 5.65 Å². The van der Waals surface area contributed by atoms with Gasteiger partial charge in [-0.05, 0) is 55.4 Å². The zero-order valence-electron chi connectivity index (χ0n) is 26.4. The summed E-state index contributed by atoms with van der Waals surface area (Å²) in [5.74, 6) is 1.95. The molecule has 0 radical (unpaired) electrons. The Kier molecular flexibility index (Phi) is 8.46. The zero-order chi connectivity index (χ0) is 31.6. The van der Waals surface area contributed by atoms with Crippen molar-refractivity contribution in [1.82, 2.24) is 35.0 Å². The Morgan fingerprint density at radius 3 is 2.56 bits per heavy atom. The molecule has 45 heavy (non-hydrogen) atoms. The molecule has 1 saturated heterocycles. The van der Waals surface area contributed by atoms with Gasteiger partial charge in [0.25, 0.3) is 0 Å². The van der Waals surface area contributed by atoms with Crippen LogP contribution in [0.3, 0.4) is 0 Å². The quantitative estimate of drug-likeness (QED) is 0.198. The molecule has 236 valence electrons. The molecule has 6 rings (SSSR count). The number of aryl methyl sites for hydroxylation is 1. The van der Waals surface area contributed by atoms with Crippen molar-refractivity contribution in [3.63, 3.8) is 0 Å². The molecule has 4 aromatic rings. The number of nitrogens with two attached hydrogens (primary N) is 1. The van der Waals surface area contributed by atoms with Crippen molar-refractivity contribution < 1.29 is 9.53 Å². The third kappa shape index (κ3) is 6.95. The minimum absolute atomic E-state index is 0.160. The Bertz CT molecular complexity index is 1720. The molecule has 2 amide bonds. The minimum atomic E-state index is -0.363. The minimum Gasteiger partial charge on any atom is -0.484 e. The van der Waals surface area contributed by atoms with Crippen molar-refractivity contribution >= 4 is 29.1 Å². The molecule has 12 nitrogen and oxygen atoms in total. The van der Waals surface area contributed by atoms with Gasteiger partial charge >= 0.3 is 6.03 Å². The number of carbonyl (C=O) groups excluding carboxylic acids is 1. The number of benzene rings is 1. The molecule has 2 aliphatic rings. The lowest BCUT2D eigenvalue weighted by Crippen LogP contribution is -2.42. The van der Waals surface area contributed by atoms with Crippen LogP contribution >= 0.6 is 0 Å². The predicted molar refractivity (Wildman–Crippen MR) is 175 cm³/mol. The van der Waals surface area contributed by atoms with Crippen LogP contribution in [0, 0.1) is 5.41 Å². The molecule has 1 fully saturated rings. The van der Waals surface area contributed by atoms with Gasteiger partial charge in [-0.1, -0.05) is 45.0 Å². The van der Waals surface area contributed by atoms with Gasteiger partial charge in [0.15, 0.2) is 5.65 Å². The number of hydrogen-bond donors (Lipinski definition) is 3. The molecule has 0 spiro atoms. The number of ether oxygens (including phenoxy) is 1. The fraction of sp³-hybridized carbons (Fsp3) is 0.424. The van der Waals surface area contributed by atoms with Gasteiger partial charge < -0.3 is 20.7 Å². The summed E-state index contributed by atoms with van der Waals surface area (Å²) in [6, 6.07) is 11.5. The number of fused-ring (bicyclic) bond motifs is 2. The molecular weight excluding hydrogens is 568 g/mol. The van der Waals surface area contributed by atoms with E-state index in [-0.39, 0.29) is 23.6 Å². The van der Waals surface area contributed by atoms with Crippen molar-refractivity contribution in [3.8, 4) is 5.75 Å². The lowest BCUT2D eigenvalue weighted by molar-refractivity contribution is 0.171. The summed E-state index contributed by atoms with van der Waals surface area (Å²) < 4.78 is 10.3. The van der Waals surface area contributed by atoms with Crippen LogP contribution < -0.4 is 26.0 Å². The number of nitrogens with zero attached hydrogens (tertiary/aromatic N) is 7. The van der Waals surface area contributed by atoms with Crippen molar-refractivity contribution in [1.29, 1.82) is 0 Å². The zero-order valence-corrected chi connectivity index (χ0v) is 26.4. The summed E-state index contributed by atoms with van der Waals surface area (Å²) in [4.78, 5) is 20.2. The first-order valence-corrected chi connectivity index (χ1v) is 15.6. The van der Waals surface area contributed by atoms with E-state index in [1.165, 1.54) is 6.42 Å². The Balaban J connectivity index is 1.18. The summed E-state index contributed by atoms with van der Waals surface area (Å²) >= 11 is 0. The summed E-state index contributed by atoms with van der Waals surface area (Å²) in [6.07, 6.45) is 12.0. The number of hydrogen-bond acceptors (Lipinski definition) is 8. The first-order valence-electron chi connectivity index (χ1n) is 15.6. The maximum absolute atomic E-state index is 13.3. The average molecular weight is 611 g/mol. The van der Waals surface area contributed by atoms with Crippen LogP contribution in [-0.2, 0) is 7.05 Å². The molecule has 1 aromatic carbocycles. The van der Waals surface area contributed by atoms with E-state index in [4.69, 9.17) is 10.5 Å². The van der Waals surface area contributed by atoms with E-state index in [0.29, 0.717) is 23.6 Å². The molecule has 4 N–H and O–H groups in total. The number of pyridine rings is 1. The van der Waals surface area contributed by atoms with Gasteiger partial charge in [-0.3, -0.25) is 14.4 Å². The van der Waals surface area contributed by atoms with E-state index in [1.807, 2.05) is 62.7 Å². The van der Waals surface area contributed by atoms with Crippen LogP contribution in [0.1, 0.15) is 76.1 Å². The SMILES string of the molecule is Cn1cc(N=C(C=C(N)C(C)(C)C)NC(=O)N[C@H]2CC[C@@H](Oc3ccc4nnc(N5CCCCC5)n4c3)c3ccccc32)cn1. The maximum atomic E-state index is 13.3. The van der Waals surface area contributed by atoms with Gasteiger partial charge in [0.05, 0.1) is 24.6 Å². The van der Waals surface area contributed by atoms with Gasteiger partial charge in [0, 0.05) is 37.3 Å². The number of aromatic nitrogens is 5. The normalized spacial score (nSPS) is 19.3. The number of carbonyl (C=O) groups is 1. The third-order valence-electron chi connectivity index (χ3n) is 8.36. The highest BCUT2D eigenvalue weighted by molar-refractivity contribution is 6.05. The van der Waals surface area contributed by atoms with Crippen molar-refractivity contribution in [3.05, 3.63) is 77.9 Å². The van der Waals surface area contributed by atoms with Gasteiger partial charge in [-0.15, -0.1) is 10.2 Å². The number of amides is 2. The third-order valence-corrected chi connectivity index (χ3v) is 8.36. The fourth-order valence-electron chi connectivity index (χ4n) is 5.80. The van der Waals surface area contributed by atoms with E-state index in [2.05, 4.69) is 48.0 Å². The van der Waals surface area contributed by atoms with Gasteiger partial charge in [0.2, 0.25) is 5.95 Å². The average Bonchev–Trinajstić information content (AvgIpc) is 3.63. The summed E-state index contributed by atoms with van der Waals surface area (Å²) in [5, 5.41) is 19.1. The molecule has 1 aliphatic heterocycles. The van der Waals surface area contributed by atoms with Crippen LogP contribution in [0.5, 0.6) is 5.75 Å². The second-order valence-electron chi connectivity index (χ2n) is 12.8. The van der Waals surface area contributed by atoms with E-state index in [1.54, 1.807) is 23.2 Å². The van der Waals surface area contributed by atoms with Gasteiger partial charge in [-0.2, -0.15) is 5.10 Å². The monoisotopic (exact) mass is 610 g/mol. The summed E-state index contributed by atoms with van der Waals surface area (Å²) in [5.41, 5.74) is 10.1. The Morgan fingerprint density at radius 2 is 1.82 bits per heavy atom. The second-order valence-corrected chi connectivity index (χ2v) is 12.8. The van der Waals surface area contributed by atoms with Crippen molar-refractivity contribution in [2.75, 3.05) is 18.0 Å². The smallest absolute Gasteiger partial charge is 0.320 e. The van der Waals surface area contributed by atoms with E-state index in [0.717, 1.165) is 60.8 Å². The van der Waals surface area contributed by atoms with E-state index in [9.17, 15) is 4.79 Å². The number of urea groups is 1. The predicted octanol–water partition coefficient (Wildman–Crippen LogP) is 5.33. The molecule has 1 aliphatic carbocycles. The number of rotatable bonds is 6. The molecule has 2 atom stereocenters. The van der Waals surface area contributed by atoms with Crippen LogP contribution in [-0.4, -0.2) is 49.3 Å². The number of amidine groups is 1. The Labute approximate surface area is 263 Å². The van der Waals surface area contributed by atoms with Gasteiger partial charge in [-0.25, -0.2) is 9.79 Å². The topological polar surface area (TPSA) is 140 Å². The first kappa shape index (κ1) is 30.2. The highest BCUT2D eigenvalue weighted by Gasteiger charge is 2.30. The Morgan fingerprint density at radius 1 is 1.04 bits per heavy atom. The van der Waals surface area contributed by atoms with Crippen molar-refractivity contribution in [2.24, 2.45) is 23.2 Å². The summed E-state index contributed by atoms with van der Waals surface area (Å²) in [6.45, 7) is 8.00. The summed E-state index contributed by atoms with van der Waals surface area (Å²) in [7, 11) is 1.82. The lowest BCUT2D eigenvalue weighted by atomic mass is 9.85. The van der Waals surface area contributed by atoms with E-state index >= 15 is 0 Å². The number of anilines is 1. The maximum Gasteiger partial charge on any atom is 0.320 e. The number of aliphatic imine (C=N–C) groups is 1. The number of nitrogens with one attached hydrogen (secondary N) is 2. The standard InChI is InChI=1S/C33H42N10O2/c1-33(2,3)28(34)18-29(36-22-19-35-41(4)20-22)38-31(44)37-26-13-14-27(25-11-7-6-10-24(25)26)45-23-12-15-30-39-40-32(43(30)21-23)42-16-8-5-9-17-42/h6-7,10-12,15,18-21,26-27H,5,8-9,13-14,16-17,34H2,1-4H3,(H2,36,37,38,44)/t26-,27+/m0/s1. The molecule has 0 unspecified atom stereocenters. The van der Waals surface area contributed by atoms with Crippen LogP contribution in [0.15, 0.2) is 71.8 Å². The number of allylic oxidation sites excluding steroid dienone is 1. The van der Waals surface area contributed by atoms with Gasteiger partial charge in [0.1, 0.15) is 23.4 Å². The molecule has 0 bridgehead atoms. The molecule has 4 heterocycles. The fourth-order valence-corrected chi connectivity index (χ4v) is 5.80. The van der Waals surface area contributed by atoms with E-state index < -0.39 is 0 Å².